The number of carbonyl (C=O) groups is 1. The summed E-state index contributed by atoms with van der Waals surface area (Å²) in [6.45, 7) is -0.129. The first kappa shape index (κ1) is 14.6. The van der Waals surface area contributed by atoms with Crippen LogP contribution in [0.2, 0.25) is 0 Å². The van der Waals surface area contributed by atoms with E-state index in [1.165, 1.54) is 6.07 Å². The SMILES string of the molecule is O=C(OCc1ccc(Br)cc1F)c1ccc2nccnc2c1. The highest BCUT2D eigenvalue weighted by atomic mass is 79.9. The van der Waals surface area contributed by atoms with Crippen molar-refractivity contribution in [3.8, 4) is 0 Å². The Morgan fingerprint density at radius 3 is 2.64 bits per heavy atom. The van der Waals surface area contributed by atoms with Gasteiger partial charge in [-0.2, -0.15) is 0 Å². The van der Waals surface area contributed by atoms with Gasteiger partial charge in [0.05, 0.1) is 16.6 Å². The third-order valence-corrected chi connectivity index (χ3v) is 3.57. The summed E-state index contributed by atoms with van der Waals surface area (Å²) in [5.41, 5.74) is 1.97. The van der Waals surface area contributed by atoms with Crippen molar-refractivity contribution in [2.24, 2.45) is 0 Å². The van der Waals surface area contributed by atoms with Gasteiger partial charge in [-0.3, -0.25) is 9.97 Å². The van der Waals surface area contributed by atoms with Crippen LogP contribution in [0.4, 0.5) is 4.39 Å². The van der Waals surface area contributed by atoms with E-state index in [1.54, 1.807) is 42.7 Å². The topological polar surface area (TPSA) is 52.1 Å². The molecule has 0 aliphatic heterocycles. The number of hydrogen-bond acceptors (Lipinski definition) is 4. The molecule has 0 unspecified atom stereocenters. The van der Waals surface area contributed by atoms with Crippen LogP contribution in [-0.2, 0) is 11.3 Å². The zero-order valence-electron chi connectivity index (χ0n) is 11.3. The maximum absolute atomic E-state index is 13.7. The standard InChI is InChI=1S/C16H10BrFN2O2/c17-12-3-1-11(13(18)8-12)9-22-16(21)10-2-4-14-15(7-10)20-6-5-19-14/h1-8H,9H2. The summed E-state index contributed by atoms with van der Waals surface area (Å²) in [6, 6.07) is 9.49. The van der Waals surface area contributed by atoms with E-state index in [9.17, 15) is 9.18 Å². The first-order chi connectivity index (χ1) is 10.6. The molecule has 3 rings (SSSR count). The number of aromatic nitrogens is 2. The molecular weight excluding hydrogens is 351 g/mol. The van der Waals surface area contributed by atoms with Crippen LogP contribution in [0.15, 0.2) is 53.3 Å². The molecule has 6 heteroatoms. The average Bonchev–Trinajstić information content (AvgIpc) is 2.53. The molecule has 4 nitrogen and oxygen atoms in total. The third kappa shape index (κ3) is 3.12. The highest BCUT2D eigenvalue weighted by molar-refractivity contribution is 9.10. The fraction of sp³-hybridized carbons (Fsp3) is 0.0625. The number of rotatable bonds is 3. The van der Waals surface area contributed by atoms with Crippen molar-refractivity contribution in [3.05, 3.63) is 70.2 Å². The summed E-state index contributed by atoms with van der Waals surface area (Å²) in [4.78, 5) is 20.3. The predicted octanol–water partition coefficient (Wildman–Crippen LogP) is 3.89. The summed E-state index contributed by atoms with van der Waals surface area (Å²) in [5.74, 6) is -0.957. The van der Waals surface area contributed by atoms with Gasteiger partial charge >= 0.3 is 5.97 Å². The number of halogens is 2. The molecule has 0 spiro atoms. The molecule has 0 fully saturated rings. The van der Waals surface area contributed by atoms with Gasteiger partial charge in [-0.1, -0.05) is 22.0 Å². The molecule has 110 valence electrons. The molecule has 3 aromatic rings. The second-order valence-electron chi connectivity index (χ2n) is 4.57. The Morgan fingerprint density at radius 2 is 1.86 bits per heavy atom. The zero-order valence-corrected chi connectivity index (χ0v) is 12.9. The Labute approximate surface area is 134 Å². The van der Waals surface area contributed by atoms with Gasteiger partial charge in [0.1, 0.15) is 12.4 Å². The van der Waals surface area contributed by atoms with Crippen molar-refractivity contribution < 1.29 is 13.9 Å². The fourth-order valence-electron chi connectivity index (χ4n) is 1.96. The van der Waals surface area contributed by atoms with Crippen molar-refractivity contribution in [3.63, 3.8) is 0 Å². The lowest BCUT2D eigenvalue weighted by Gasteiger charge is -2.07. The minimum absolute atomic E-state index is 0.129. The first-order valence-electron chi connectivity index (χ1n) is 6.45. The van der Waals surface area contributed by atoms with Crippen LogP contribution in [0.5, 0.6) is 0 Å². The summed E-state index contributed by atoms with van der Waals surface area (Å²) in [5, 5.41) is 0. The van der Waals surface area contributed by atoms with Crippen molar-refractivity contribution in [1.82, 2.24) is 9.97 Å². The molecule has 0 saturated carbocycles. The molecule has 0 saturated heterocycles. The molecule has 0 atom stereocenters. The van der Waals surface area contributed by atoms with Gasteiger partial charge in [0.2, 0.25) is 0 Å². The number of esters is 1. The van der Waals surface area contributed by atoms with Crippen LogP contribution in [0, 0.1) is 5.82 Å². The van der Waals surface area contributed by atoms with Gasteiger partial charge in [0.15, 0.2) is 0 Å². The molecule has 1 aromatic heterocycles. The smallest absolute Gasteiger partial charge is 0.338 e. The van der Waals surface area contributed by atoms with Gasteiger partial charge in [0.25, 0.3) is 0 Å². The lowest BCUT2D eigenvalue weighted by atomic mass is 10.2. The van der Waals surface area contributed by atoms with Crippen LogP contribution in [-0.4, -0.2) is 15.9 Å². The van der Waals surface area contributed by atoms with Crippen LogP contribution < -0.4 is 0 Å². The van der Waals surface area contributed by atoms with E-state index in [0.29, 0.717) is 26.6 Å². The Balaban J connectivity index is 1.75. The monoisotopic (exact) mass is 360 g/mol. The molecule has 0 aliphatic rings. The van der Waals surface area contributed by atoms with Crippen LogP contribution >= 0.6 is 15.9 Å². The Hall–Kier alpha value is -2.34. The molecule has 0 amide bonds. The number of carbonyl (C=O) groups excluding carboxylic acids is 1. The Bertz CT molecular complexity index is 854. The predicted molar refractivity (Wildman–Crippen MR) is 82.8 cm³/mol. The van der Waals surface area contributed by atoms with Crippen molar-refractivity contribution in [1.29, 1.82) is 0 Å². The van der Waals surface area contributed by atoms with Gasteiger partial charge in [0, 0.05) is 22.4 Å². The third-order valence-electron chi connectivity index (χ3n) is 3.08. The lowest BCUT2D eigenvalue weighted by Crippen LogP contribution is -2.06. The van der Waals surface area contributed by atoms with Crippen molar-refractivity contribution >= 4 is 32.9 Å². The van der Waals surface area contributed by atoms with Crippen LogP contribution in [0.1, 0.15) is 15.9 Å². The molecule has 1 heterocycles. The summed E-state index contributed by atoms with van der Waals surface area (Å²) >= 11 is 3.18. The van der Waals surface area contributed by atoms with E-state index in [1.807, 2.05) is 0 Å². The quantitative estimate of drug-likeness (QED) is 0.665. The molecule has 0 radical (unpaired) electrons. The number of benzene rings is 2. The molecule has 0 bridgehead atoms. The largest absolute Gasteiger partial charge is 0.457 e. The summed E-state index contributed by atoms with van der Waals surface area (Å²) in [7, 11) is 0. The number of fused-ring (bicyclic) bond motifs is 1. The molecule has 2 aromatic carbocycles. The van der Waals surface area contributed by atoms with Gasteiger partial charge in [-0.15, -0.1) is 0 Å². The highest BCUT2D eigenvalue weighted by Crippen LogP contribution is 2.17. The van der Waals surface area contributed by atoms with E-state index in [4.69, 9.17) is 4.74 Å². The Morgan fingerprint density at radius 1 is 1.09 bits per heavy atom. The van der Waals surface area contributed by atoms with Crippen LogP contribution in [0.25, 0.3) is 11.0 Å². The van der Waals surface area contributed by atoms with Crippen molar-refractivity contribution in [2.45, 2.75) is 6.61 Å². The lowest BCUT2D eigenvalue weighted by molar-refractivity contribution is 0.0469. The zero-order chi connectivity index (χ0) is 15.5. The fourth-order valence-corrected chi connectivity index (χ4v) is 2.29. The van der Waals surface area contributed by atoms with Gasteiger partial charge < -0.3 is 4.74 Å². The summed E-state index contributed by atoms with van der Waals surface area (Å²) in [6.07, 6.45) is 3.13. The first-order valence-corrected chi connectivity index (χ1v) is 7.24. The van der Waals surface area contributed by atoms with Gasteiger partial charge in [-0.05, 0) is 30.3 Å². The normalized spacial score (nSPS) is 10.6. The Kier molecular flexibility index (Phi) is 4.11. The van der Waals surface area contributed by atoms with E-state index in [-0.39, 0.29) is 6.61 Å². The average molecular weight is 361 g/mol. The minimum Gasteiger partial charge on any atom is -0.457 e. The molecular formula is C16H10BrFN2O2. The summed E-state index contributed by atoms with van der Waals surface area (Å²) < 4.78 is 19.4. The number of hydrogen-bond donors (Lipinski definition) is 0. The molecule has 22 heavy (non-hydrogen) atoms. The number of nitrogens with zero attached hydrogens (tertiary/aromatic N) is 2. The van der Waals surface area contributed by atoms with E-state index >= 15 is 0 Å². The minimum atomic E-state index is -0.533. The van der Waals surface area contributed by atoms with E-state index < -0.39 is 11.8 Å². The van der Waals surface area contributed by atoms with Crippen molar-refractivity contribution in [2.75, 3.05) is 0 Å². The van der Waals surface area contributed by atoms with Crippen LogP contribution in [0.3, 0.4) is 0 Å². The van der Waals surface area contributed by atoms with E-state index in [2.05, 4.69) is 25.9 Å². The second-order valence-corrected chi connectivity index (χ2v) is 5.49. The van der Waals surface area contributed by atoms with E-state index in [0.717, 1.165) is 0 Å². The molecule has 0 N–H and O–H groups in total. The maximum atomic E-state index is 13.7. The van der Waals surface area contributed by atoms with Gasteiger partial charge in [-0.25, -0.2) is 9.18 Å². The maximum Gasteiger partial charge on any atom is 0.338 e. The highest BCUT2D eigenvalue weighted by Gasteiger charge is 2.11. The second kappa shape index (κ2) is 6.19. The molecule has 0 aliphatic carbocycles. The number of ether oxygens (including phenoxy) is 1.